The first-order valence-electron chi connectivity index (χ1n) is 8.39. The normalized spacial score (nSPS) is 18.4. The number of carbonyl (C=O) groups is 1. The molecule has 6 heteroatoms. The van der Waals surface area contributed by atoms with Crippen LogP contribution in [0.5, 0.6) is 11.5 Å². The minimum absolute atomic E-state index is 0.00245. The summed E-state index contributed by atoms with van der Waals surface area (Å²) in [5.41, 5.74) is 1.92. The largest absolute Gasteiger partial charge is 0.454 e. The van der Waals surface area contributed by atoms with Crippen LogP contribution in [0.15, 0.2) is 42.5 Å². The summed E-state index contributed by atoms with van der Waals surface area (Å²) < 4.78 is 23.8. The number of halogens is 1. The minimum atomic E-state index is -0.263. The zero-order chi connectivity index (χ0) is 17.2. The number of hydrogen-bond acceptors (Lipinski definition) is 3. The van der Waals surface area contributed by atoms with E-state index in [1.807, 2.05) is 23.1 Å². The summed E-state index contributed by atoms with van der Waals surface area (Å²) in [4.78, 5) is 14.4. The Hall–Kier alpha value is -2.76. The van der Waals surface area contributed by atoms with E-state index in [-0.39, 0.29) is 24.7 Å². The molecule has 0 saturated carbocycles. The van der Waals surface area contributed by atoms with E-state index in [0.29, 0.717) is 18.8 Å². The smallest absolute Gasteiger partial charge is 0.318 e. The van der Waals surface area contributed by atoms with Gasteiger partial charge in [-0.3, -0.25) is 0 Å². The van der Waals surface area contributed by atoms with Gasteiger partial charge in [-0.05, 0) is 48.2 Å². The molecule has 0 radical (unpaired) electrons. The number of carbonyl (C=O) groups excluding carboxylic acids is 1. The summed E-state index contributed by atoms with van der Waals surface area (Å²) in [7, 11) is 0. The second-order valence-corrected chi connectivity index (χ2v) is 6.25. The van der Waals surface area contributed by atoms with Crippen LogP contribution in [0, 0.1) is 5.82 Å². The highest BCUT2D eigenvalue weighted by Gasteiger charge is 2.29. The molecule has 1 atom stereocenters. The third-order valence-corrected chi connectivity index (χ3v) is 4.65. The van der Waals surface area contributed by atoms with Crippen LogP contribution < -0.4 is 14.8 Å². The summed E-state index contributed by atoms with van der Waals surface area (Å²) in [6.45, 7) is 1.36. The maximum absolute atomic E-state index is 13.1. The molecule has 25 heavy (non-hydrogen) atoms. The monoisotopic (exact) mass is 342 g/mol. The van der Waals surface area contributed by atoms with Crippen molar-refractivity contribution in [2.45, 2.75) is 25.4 Å². The van der Waals surface area contributed by atoms with E-state index in [1.165, 1.54) is 12.1 Å². The summed E-state index contributed by atoms with van der Waals surface area (Å²) in [6.07, 6.45) is 1.84. The van der Waals surface area contributed by atoms with E-state index < -0.39 is 0 Å². The first kappa shape index (κ1) is 15.7. The molecular weight excluding hydrogens is 323 g/mol. The summed E-state index contributed by atoms with van der Waals surface area (Å²) >= 11 is 0. The molecule has 2 aromatic rings. The van der Waals surface area contributed by atoms with Gasteiger partial charge in [0.05, 0.1) is 6.04 Å². The Labute approximate surface area is 145 Å². The predicted octanol–water partition coefficient (Wildman–Crippen LogP) is 3.60. The van der Waals surface area contributed by atoms with Crippen molar-refractivity contribution in [1.82, 2.24) is 10.2 Å². The van der Waals surface area contributed by atoms with Crippen molar-refractivity contribution in [3.63, 3.8) is 0 Å². The zero-order valence-corrected chi connectivity index (χ0v) is 13.7. The molecular formula is C19H19FN2O3. The van der Waals surface area contributed by atoms with Crippen molar-refractivity contribution in [2.24, 2.45) is 0 Å². The molecule has 1 N–H and O–H groups in total. The molecule has 2 heterocycles. The van der Waals surface area contributed by atoms with Crippen LogP contribution in [0.2, 0.25) is 0 Å². The highest BCUT2D eigenvalue weighted by atomic mass is 19.1. The second-order valence-electron chi connectivity index (χ2n) is 6.25. The SMILES string of the molecule is O=C(NCc1ccc2c(c1)OCO2)N1CCC[C@@H]1c1ccc(F)cc1. The fraction of sp³-hybridized carbons (Fsp3) is 0.316. The van der Waals surface area contributed by atoms with Gasteiger partial charge < -0.3 is 19.7 Å². The molecule has 0 aromatic heterocycles. The number of ether oxygens (including phenoxy) is 2. The van der Waals surface area contributed by atoms with Crippen LogP contribution >= 0.6 is 0 Å². The summed E-state index contributed by atoms with van der Waals surface area (Å²) in [5, 5.41) is 2.96. The Morgan fingerprint density at radius 2 is 1.96 bits per heavy atom. The average Bonchev–Trinajstić information content (AvgIpc) is 3.29. The Bertz CT molecular complexity index is 779. The maximum Gasteiger partial charge on any atom is 0.318 e. The fourth-order valence-corrected chi connectivity index (χ4v) is 3.37. The van der Waals surface area contributed by atoms with Gasteiger partial charge in [0.1, 0.15) is 5.82 Å². The molecule has 0 aliphatic carbocycles. The number of likely N-dealkylation sites (tertiary alicyclic amines) is 1. The molecule has 0 bridgehead atoms. The number of amides is 2. The zero-order valence-electron chi connectivity index (χ0n) is 13.7. The van der Waals surface area contributed by atoms with Crippen LogP contribution in [0.3, 0.4) is 0 Å². The molecule has 2 amide bonds. The van der Waals surface area contributed by atoms with Gasteiger partial charge in [-0.25, -0.2) is 9.18 Å². The molecule has 2 aliphatic heterocycles. The van der Waals surface area contributed by atoms with E-state index in [0.717, 1.165) is 29.7 Å². The number of benzene rings is 2. The van der Waals surface area contributed by atoms with Gasteiger partial charge >= 0.3 is 6.03 Å². The predicted molar refractivity (Wildman–Crippen MR) is 89.9 cm³/mol. The van der Waals surface area contributed by atoms with Crippen molar-refractivity contribution in [2.75, 3.05) is 13.3 Å². The number of hydrogen-bond donors (Lipinski definition) is 1. The molecule has 130 valence electrons. The third kappa shape index (κ3) is 3.24. The average molecular weight is 342 g/mol. The van der Waals surface area contributed by atoms with E-state index in [2.05, 4.69) is 5.32 Å². The van der Waals surface area contributed by atoms with Gasteiger partial charge in [-0.2, -0.15) is 0 Å². The Morgan fingerprint density at radius 3 is 2.80 bits per heavy atom. The first-order chi connectivity index (χ1) is 12.2. The van der Waals surface area contributed by atoms with Gasteiger partial charge in [0.25, 0.3) is 0 Å². The maximum atomic E-state index is 13.1. The number of nitrogens with zero attached hydrogens (tertiary/aromatic N) is 1. The Balaban J connectivity index is 1.41. The van der Waals surface area contributed by atoms with E-state index in [4.69, 9.17) is 9.47 Å². The van der Waals surface area contributed by atoms with Crippen LogP contribution in [0.25, 0.3) is 0 Å². The third-order valence-electron chi connectivity index (χ3n) is 4.65. The Kier molecular flexibility index (Phi) is 4.17. The van der Waals surface area contributed by atoms with E-state index >= 15 is 0 Å². The van der Waals surface area contributed by atoms with Crippen LogP contribution in [-0.4, -0.2) is 24.3 Å². The number of fused-ring (bicyclic) bond motifs is 1. The molecule has 1 fully saturated rings. The minimum Gasteiger partial charge on any atom is -0.454 e. The lowest BCUT2D eigenvalue weighted by molar-refractivity contribution is 0.174. The number of nitrogens with one attached hydrogen (secondary N) is 1. The first-order valence-corrected chi connectivity index (χ1v) is 8.39. The van der Waals surface area contributed by atoms with E-state index in [1.54, 1.807) is 12.1 Å². The fourth-order valence-electron chi connectivity index (χ4n) is 3.37. The van der Waals surface area contributed by atoms with Crippen LogP contribution in [-0.2, 0) is 6.54 Å². The van der Waals surface area contributed by atoms with Gasteiger partial charge in [-0.1, -0.05) is 18.2 Å². The van der Waals surface area contributed by atoms with Crippen LogP contribution in [0.4, 0.5) is 9.18 Å². The van der Waals surface area contributed by atoms with Gasteiger partial charge in [0.2, 0.25) is 6.79 Å². The molecule has 1 saturated heterocycles. The highest BCUT2D eigenvalue weighted by molar-refractivity contribution is 5.75. The summed E-state index contributed by atoms with van der Waals surface area (Å²) in [6, 6.07) is 11.9. The topological polar surface area (TPSA) is 50.8 Å². The van der Waals surface area contributed by atoms with Crippen molar-refractivity contribution >= 4 is 6.03 Å². The van der Waals surface area contributed by atoms with Crippen molar-refractivity contribution in [3.8, 4) is 11.5 Å². The lowest BCUT2D eigenvalue weighted by Gasteiger charge is -2.25. The van der Waals surface area contributed by atoms with Gasteiger partial charge in [-0.15, -0.1) is 0 Å². The number of rotatable bonds is 3. The molecule has 0 unspecified atom stereocenters. The Morgan fingerprint density at radius 1 is 1.16 bits per heavy atom. The quantitative estimate of drug-likeness (QED) is 0.927. The highest BCUT2D eigenvalue weighted by Crippen LogP contribution is 2.33. The lowest BCUT2D eigenvalue weighted by Crippen LogP contribution is -2.39. The van der Waals surface area contributed by atoms with Gasteiger partial charge in [0.15, 0.2) is 11.5 Å². The molecule has 4 rings (SSSR count). The standard InChI is InChI=1S/C19H19FN2O3/c20-15-6-4-14(5-7-15)16-2-1-9-22(16)19(23)21-11-13-3-8-17-18(10-13)25-12-24-17/h3-8,10,16H,1-2,9,11-12H2,(H,21,23)/t16-/m1/s1. The van der Waals surface area contributed by atoms with E-state index in [9.17, 15) is 9.18 Å². The van der Waals surface area contributed by atoms with Crippen molar-refractivity contribution in [1.29, 1.82) is 0 Å². The lowest BCUT2D eigenvalue weighted by atomic mass is 10.0. The molecule has 2 aliphatic rings. The second kappa shape index (κ2) is 6.63. The van der Waals surface area contributed by atoms with Crippen molar-refractivity contribution < 1.29 is 18.7 Å². The molecule has 5 nitrogen and oxygen atoms in total. The van der Waals surface area contributed by atoms with Gasteiger partial charge in [0, 0.05) is 13.1 Å². The van der Waals surface area contributed by atoms with Crippen LogP contribution in [0.1, 0.15) is 30.0 Å². The summed E-state index contributed by atoms with van der Waals surface area (Å²) in [5.74, 6) is 1.17. The molecule has 2 aromatic carbocycles. The molecule has 0 spiro atoms. The number of urea groups is 1. The van der Waals surface area contributed by atoms with Crippen molar-refractivity contribution in [3.05, 3.63) is 59.4 Å².